The summed E-state index contributed by atoms with van der Waals surface area (Å²) >= 11 is 0. The molecule has 5 nitrogen and oxygen atoms in total. The first-order chi connectivity index (χ1) is 6.07. The van der Waals surface area contributed by atoms with Gasteiger partial charge in [0.15, 0.2) is 0 Å². The van der Waals surface area contributed by atoms with Crippen LogP contribution < -0.4 is 0 Å². The minimum atomic E-state index is -0.750. The maximum absolute atomic E-state index is 9.62. The number of hydrazone groups is 1. The van der Waals surface area contributed by atoms with Crippen LogP contribution >= 0.6 is 0 Å². The van der Waals surface area contributed by atoms with E-state index in [4.69, 9.17) is 0 Å². The Morgan fingerprint density at radius 2 is 2.23 bits per heavy atom. The van der Waals surface area contributed by atoms with Crippen LogP contribution in [0.4, 0.5) is 0 Å². The number of hydrogen-bond acceptors (Lipinski definition) is 5. The number of hydrogen-bond donors (Lipinski definition) is 2. The smallest absolute Gasteiger partial charge is 0.223 e. The van der Waals surface area contributed by atoms with Crippen molar-refractivity contribution in [3.8, 4) is 0 Å². The molecule has 0 aromatic heterocycles. The normalized spacial score (nSPS) is 26.7. The summed E-state index contributed by atoms with van der Waals surface area (Å²) in [6.07, 6.45) is 1.05. The molecule has 0 radical (unpaired) electrons. The maximum Gasteiger partial charge on any atom is 0.223 e. The SMILES string of the molecule is CC[C@@H]([C@@H](C)O)N1N=CN(C)C1O. The van der Waals surface area contributed by atoms with Gasteiger partial charge in [-0.2, -0.15) is 5.10 Å². The molecule has 0 fully saturated rings. The molecule has 0 amide bonds. The van der Waals surface area contributed by atoms with E-state index in [1.54, 1.807) is 25.2 Å². The van der Waals surface area contributed by atoms with Crippen molar-refractivity contribution in [3.63, 3.8) is 0 Å². The van der Waals surface area contributed by atoms with Crippen LogP contribution in [0.1, 0.15) is 20.3 Å². The van der Waals surface area contributed by atoms with Gasteiger partial charge >= 0.3 is 0 Å². The topological polar surface area (TPSA) is 59.3 Å². The molecule has 0 spiro atoms. The van der Waals surface area contributed by atoms with Gasteiger partial charge in [0.05, 0.1) is 12.1 Å². The third-order valence-electron chi connectivity index (χ3n) is 2.28. The van der Waals surface area contributed by atoms with Crippen molar-refractivity contribution < 1.29 is 10.2 Å². The molecule has 0 aromatic carbocycles. The number of rotatable bonds is 3. The molecule has 3 atom stereocenters. The van der Waals surface area contributed by atoms with E-state index in [9.17, 15) is 10.2 Å². The minimum absolute atomic E-state index is 0.129. The maximum atomic E-state index is 9.62. The molecule has 0 saturated heterocycles. The third kappa shape index (κ3) is 1.92. The van der Waals surface area contributed by atoms with Gasteiger partial charge in [0.2, 0.25) is 6.35 Å². The highest BCUT2D eigenvalue weighted by Crippen LogP contribution is 2.17. The Bertz CT molecular complexity index is 196. The van der Waals surface area contributed by atoms with E-state index in [1.807, 2.05) is 6.92 Å². The van der Waals surface area contributed by atoms with E-state index in [-0.39, 0.29) is 6.04 Å². The standard InChI is InChI=1S/C8H17N3O2/c1-4-7(6(2)12)11-8(13)10(3)5-9-11/h5-8,12-13H,4H2,1-3H3/t6-,7+,8?/m1/s1. The van der Waals surface area contributed by atoms with E-state index >= 15 is 0 Å². The lowest BCUT2D eigenvalue weighted by Gasteiger charge is -2.31. The molecule has 0 aromatic rings. The van der Waals surface area contributed by atoms with E-state index < -0.39 is 12.5 Å². The molecule has 0 aliphatic carbocycles. The van der Waals surface area contributed by atoms with E-state index in [0.717, 1.165) is 6.42 Å². The Morgan fingerprint density at radius 3 is 2.54 bits per heavy atom. The lowest BCUT2D eigenvalue weighted by molar-refractivity contribution is -0.0940. The molecule has 1 heterocycles. The van der Waals surface area contributed by atoms with E-state index in [1.165, 1.54) is 5.01 Å². The number of aliphatic hydroxyl groups is 2. The van der Waals surface area contributed by atoms with Crippen LogP contribution in [0.15, 0.2) is 5.10 Å². The van der Waals surface area contributed by atoms with Crippen molar-refractivity contribution in [1.29, 1.82) is 0 Å². The van der Waals surface area contributed by atoms with Crippen molar-refractivity contribution in [1.82, 2.24) is 9.91 Å². The fourth-order valence-corrected chi connectivity index (χ4v) is 1.45. The first kappa shape index (κ1) is 10.3. The summed E-state index contributed by atoms with van der Waals surface area (Å²) < 4.78 is 0. The largest absolute Gasteiger partial charge is 0.391 e. The Kier molecular flexibility index (Phi) is 3.11. The second-order valence-electron chi connectivity index (χ2n) is 3.34. The Balaban J connectivity index is 2.65. The zero-order valence-corrected chi connectivity index (χ0v) is 8.25. The minimum Gasteiger partial charge on any atom is -0.391 e. The molecular formula is C8H17N3O2. The van der Waals surface area contributed by atoms with Crippen LogP contribution in [0.25, 0.3) is 0 Å². The van der Waals surface area contributed by atoms with Gasteiger partial charge in [0.1, 0.15) is 6.34 Å². The predicted octanol–water partition coefficient (Wildman–Crippen LogP) is -0.388. The summed E-state index contributed by atoms with van der Waals surface area (Å²) in [4.78, 5) is 1.59. The van der Waals surface area contributed by atoms with Gasteiger partial charge in [-0.15, -0.1) is 0 Å². The van der Waals surface area contributed by atoms with Crippen molar-refractivity contribution in [2.45, 2.75) is 38.8 Å². The van der Waals surface area contributed by atoms with Crippen LogP contribution in [0.5, 0.6) is 0 Å². The average Bonchev–Trinajstić information content (AvgIpc) is 2.37. The highest BCUT2D eigenvalue weighted by molar-refractivity contribution is 5.56. The van der Waals surface area contributed by atoms with Crippen LogP contribution in [0.3, 0.4) is 0 Å². The molecule has 76 valence electrons. The van der Waals surface area contributed by atoms with Crippen molar-refractivity contribution in [3.05, 3.63) is 0 Å². The number of aliphatic hydroxyl groups excluding tert-OH is 2. The summed E-state index contributed by atoms with van der Waals surface area (Å²) in [6.45, 7) is 3.66. The lowest BCUT2D eigenvalue weighted by atomic mass is 10.1. The van der Waals surface area contributed by atoms with Gasteiger partial charge in [-0.3, -0.25) is 0 Å². The van der Waals surface area contributed by atoms with Gasteiger partial charge in [-0.25, -0.2) is 5.01 Å². The van der Waals surface area contributed by atoms with Gasteiger partial charge in [-0.05, 0) is 13.3 Å². The first-order valence-corrected chi connectivity index (χ1v) is 4.48. The van der Waals surface area contributed by atoms with E-state index in [2.05, 4.69) is 5.10 Å². The predicted molar refractivity (Wildman–Crippen MR) is 49.9 cm³/mol. The van der Waals surface area contributed by atoms with Crippen LogP contribution in [0, 0.1) is 0 Å². The quantitative estimate of drug-likeness (QED) is 0.632. The van der Waals surface area contributed by atoms with Gasteiger partial charge in [-0.1, -0.05) is 6.92 Å². The fraction of sp³-hybridized carbons (Fsp3) is 0.875. The highest BCUT2D eigenvalue weighted by atomic mass is 16.3. The van der Waals surface area contributed by atoms with Gasteiger partial charge in [0, 0.05) is 7.05 Å². The summed E-state index contributed by atoms with van der Waals surface area (Å²) in [6, 6.07) is -0.129. The second kappa shape index (κ2) is 3.93. The molecule has 2 N–H and O–H groups in total. The van der Waals surface area contributed by atoms with Crippen molar-refractivity contribution >= 4 is 6.34 Å². The Hall–Kier alpha value is -0.810. The first-order valence-electron chi connectivity index (χ1n) is 4.48. The van der Waals surface area contributed by atoms with Crippen LogP contribution in [-0.4, -0.2) is 52.0 Å². The molecule has 1 unspecified atom stereocenters. The summed E-state index contributed by atoms with van der Waals surface area (Å²) in [5.41, 5.74) is 0. The number of nitrogens with zero attached hydrogens (tertiary/aromatic N) is 3. The fourth-order valence-electron chi connectivity index (χ4n) is 1.45. The molecule has 0 saturated carbocycles. The van der Waals surface area contributed by atoms with E-state index in [0.29, 0.717) is 0 Å². The van der Waals surface area contributed by atoms with Crippen LogP contribution in [0.2, 0.25) is 0 Å². The molecule has 1 aliphatic rings. The second-order valence-corrected chi connectivity index (χ2v) is 3.34. The Morgan fingerprint density at radius 1 is 1.62 bits per heavy atom. The third-order valence-corrected chi connectivity index (χ3v) is 2.28. The molecule has 1 rings (SSSR count). The van der Waals surface area contributed by atoms with Gasteiger partial charge < -0.3 is 15.1 Å². The zero-order chi connectivity index (χ0) is 10.0. The lowest BCUT2D eigenvalue weighted by Crippen LogP contribution is -2.46. The summed E-state index contributed by atoms with van der Waals surface area (Å²) in [7, 11) is 1.74. The van der Waals surface area contributed by atoms with Crippen LogP contribution in [-0.2, 0) is 0 Å². The highest BCUT2D eigenvalue weighted by Gasteiger charge is 2.30. The molecule has 5 heteroatoms. The molecular weight excluding hydrogens is 170 g/mol. The molecule has 1 aliphatic heterocycles. The van der Waals surface area contributed by atoms with Crippen molar-refractivity contribution in [2.24, 2.45) is 5.10 Å². The average molecular weight is 187 g/mol. The van der Waals surface area contributed by atoms with Crippen molar-refractivity contribution in [2.75, 3.05) is 7.05 Å². The monoisotopic (exact) mass is 187 g/mol. The molecule has 0 bridgehead atoms. The zero-order valence-electron chi connectivity index (χ0n) is 8.25. The molecule has 13 heavy (non-hydrogen) atoms. The summed E-state index contributed by atoms with van der Waals surface area (Å²) in [5.74, 6) is 0. The van der Waals surface area contributed by atoms with Gasteiger partial charge in [0.25, 0.3) is 0 Å². The summed E-state index contributed by atoms with van der Waals surface area (Å²) in [5, 5.41) is 24.6. The Labute approximate surface area is 78.3 Å².